The zero-order valence-corrected chi connectivity index (χ0v) is 19.2. The highest BCUT2D eigenvalue weighted by Crippen LogP contribution is 2.36. The van der Waals surface area contributed by atoms with Gasteiger partial charge >= 0.3 is 5.97 Å². The van der Waals surface area contributed by atoms with Crippen LogP contribution in [0.1, 0.15) is 36.2 Å². The number of furan rings is 1. The van der Waals surface area contributed by atoms with Crippen LogP contribution in [-0.2, 0) is 4.74 Å². The lowest BCUT2D eigenvalue weighted by atomic mass is 10.0. The van der Waals surface area contributed by atoms with Gasteiger partial charge in [0, 0.05) is 36.5 Å². The second-order valence-corrected chi connectivity index (χ2v) is 8.66. The summed E-state index contributed by atoms with van der Waals surface area (Å²) in [6.07, 6.45) is 2.90. The molecule has 2 aromatic heterocycles. The lowest BCUT2D eigenvalue weighted by molar-refractivity contribution is 0.0526. The normalized spacial score (nSPS) is 15.4. The Hall–Kier alpha value is -4.11. The van der Waals surface area contributed by atoms with E-state index in [1.165, 1.54) is 0 Å². The molecule has 0 N–H and O–H groups in total. The number of pyridine rings is 1. The van der Waals surface area contributed by atoms with Crippen LogP contribution < -0.4 is 4.90 Å². The van der Waals surface area contributed by atoms with Gasteiger partial charge in [-0.05, 0) is 55.2 Å². The number of hydrogen-bond donors (Lipinski definition) is 0. The Labute approximate surface area is 198 Å². The summed E-state index contributed by atoms with van der Waals surface area (Å²) >= 11 is 0. The molecule has 1 fully saturated rings. The summed E-state index contributed by atoms with van der Waals surface area (Å²) in [6, 6.07) is 19.3. The SMILES string of the molecule is CCOC(=O)c1ccc(-c2cc3nccc(-c4ccc(N5CC[C@@H](C)C5)c(C#N)c4)c3o2)cc1. The molecule has 1 aliphatic heterocycles. The molecule has 0 amide bonds. The topological polar surface area (TPSA) is 79.4 Å². The molecule has 2 aromatic carbocycles. The monoisotopic (exact) mass is 451 g/mol. The summed E-state index contributed by atoms with van der Waals surface area (Å²) in [4.78, 5) is 18.7. The van der Waals surface area contributed by atoms with Crippen LogP contribution >= 0.6 is 0 Å². The van der Waals surface area contributed by atoms with Gasteiger partial charge in [0.05, 0.1) is 23.4 Å². The van der Waals surface area contributed by atoms with Crippen LogP contribution in [0.25, 0.3) is 33.6 Å². The van der Waals surface area contributed by atoms with Crippen molar-refractivity contribution in [3.63, 3.8) is 0 Å². The van der Waals surface area contributed by atoms with Gasteiger partial charge in [0.1, 0.15) is 17.3 Å². The summed E-state index contributed by atoms with van der Waals surface area (Å²) < 4.78 is 11.3. The molecule has 6 heteroatoms. The first-order valence-corrected chi connectivity index (χ1v) is 11.5. The number of hydrogen-bond acceptors (Lipinski definition) is 6. The molecule has 0 spiro atoms. The van der Waals surface area contributed by atoms with Crippen molar-refractivity contribution in [1.82, 2.24) is 4.98 Å². The largest absolute Gasteiger partial charge is 0.462 e. The van der Waals surface area contributed by atoms with E-state index >= 15 is 0 Å². The molecule has 1 atom stereocenters. The lowest BCUT2D eigenvalue weighted by Gasteiger charge is -2.20. The number of esters is 1. The molecule has 0 aliphatic carbocycles. The van der Waals surface area contributed by atoms with E-state index in [0.29, 0.717) is 35.0 Å². The summed E-state index contributed by atoms with van der Waals surface area (Å²) in [5.74, 6) is 0.954. The van der Waals surface area contributed by atoms with E-state index in [1.807, 2.05) is 42.5 Å². The number of anilines is 1. The second-order valence-electron chi connectivity index (χ2n) is 8.66. The molecule has 0 bridgehead atoms. The maximum atomic E-state index is 11.9. The van der Waals surface area contributed by atoms with Gasteiger partial charge in [0.2, 0.25) is 0 Å². The average Bonchev–Trinajstić information content (AvgIpc) is 3.50. The van der Waals surface area contributed by atoms with E-state index in [9.17, 15) is 10.1 Å². The number of fused-ring (bicyclic) bond motifs is 1. The number of rotatable bonds is 5. The van der Waals surface area contributed by atoms with Crippen molar-refractivity contribution in [2.75, 3.05) is 24.6 Å². The average molecular weight is 452 g/mol. The first-order chi connectivity index (χ1) is 16.6. The third kappa shape index (κ3) is 4.01. The van der Waals surface area contributed by atoms with Gasteiger partial charge in [-0.2, -0.15) is 5.26 Å². The minimum absolute atomic E-state index is 0.338. The summed E-state index contributed by atoms with van der Waals surface area (Å²) in [7, 11) is 0. The van der Waals surface area contributed by atoms with Crippen LogP contribution in [0.5, 0.6) is 0 Å². The Kier molecular flexibility index (Phi) is 5.77. The van der Waals surface area contributed by atoms with Crippen molar-refractivity contribution in [1.29, 1.82) is 5.26 Å². The van der Waals surface area contributed by atoms with E-state index in [4.69, 9.17) is 9.15 Å². The van der Waals surface area contributed by atoms with Crippen molar-refractivity contribution < 1.29 is 13.9 Å². The Morgan fingerprint density at radius 3 is 2.68 bits per heavy atom. The molecule has 6 nitrogen and oxygen atoms in total. The van der Waals surface area contributed by atoms with E-state index < -0.39 is 0 Å². The maximum Gasteiger partial charge on any atom is 0.338 e. The van der Waals surface area contributed by atoms with Crippen LogP contribution in [-0.4, -0.2) is 30.6 Å². The first kappa shape index (κ1) is 21.7. The van der Waals surface area contributed by atoms with Crippen molar-refractivity contribution in [2.45, 2.75) is 20.3 Å². The minimum Gasteiger partial charge on any atom is -0.462 e. The zero-order valence-electron chi connectivity index (χ0n) is 19.2. The quantitative estimate of drug-likeness (QED) is 0.343. The molecule has 3 heterocycles. The van der Waals surface area contributed by atoms with Gasteiger partial charge in [0.25, 0.3) is 0 Å². The van der Waals surface area contributed by atoms with Crippen LogP contribution in [0.15, 0.2) is 65.2 Å². The first-order valence-electron chi connectivity index (χ1n) is 11.5. The molecule has 1 aliphatic rings. The molecule has 1 saturated heterocycles. The molecule has 170 valence electrons. The molecule has 0 radical (unpaired) electrons. The van der Waals surface area contributed by atoms with Crippen LogP contribution in [0.4, 0.5) is 5.69 Å². The van der Waals surface area contributed by atoms with Crippen molar-refractivity contribution >= 4 is 22.8 Å². The predicted molar refractivity (Wildman–Crippen MR) is 132 cm³/mol. The smallest absolute Gasteiger partial charge is 0.338 e. The fourth-order valence-corrected chi connectivity index (χ4v) is 4.52. The zero-order chi connectivity index (χ0) is 23.7. The van der Waals surface area contributed by atoms with E-state index in [1.54, 1.807) is 25.3 Å². The third-order valence-corrected chi connectivity index (χ3v) is 6.29. The Bertz CT molecular complexity index is 1400. The highest BCUT2D eigenvalue weighted by Gasteiger charge is 2.22. The van der Waals surface area contributed by atoms with E-state index in [-0.39, 0.29) is 5.97 Å². The summed E-state index contributed by atoms with van der Waals surface area (Å²) in [5.41, 5.74) is 6.19. The van der Waals surface area contributed by atoms with Gasteiger partial charge in [-0.1, -0.05) is 25.1 Å². The molecule has 5 rings (SSSR count). The highest BCUT2D eigenvalue weighted by molar-refractivity contribution is 5.94. The fraction of sp³-hybridized carbons (Fsp3) is 0.250. The van der Waals surface area contributed by atoms with Gasteiger partial charge in [-0.15, -0.1) is 0 Å². The number of ether oxygens (including phenoxy) is 1. The molecule has 4 aromatic rings. The third-order valence-electron chi connectivity index (χ3n) is 6.29. The van der Waals surface area contributed by atoms with Crippen molar-refractivity contribution in [3.8, 4) is 28.5 Å². The molecule has 0 unspecified atom stereocenters. The predicted octanol–water partition coefficient (Wildman–Crippen LogP) is 6.06. The molecule has 34 heavy (non-hydrogen) atoms. The lowest BCUT2D eigenvalue weighted by Crippen LogP contribution is -2.20. The Balaban J connectivity index is 1.50. The summed E-state index contributed by atoms with van der Waals surface area (Å²) in [5, 5.41) is 9.83. The van der Waals surface area contributed by atoms with Crippen molar-refractivity contribution in [2.24, 2.45) is 5.92 Å². The highest BCUT2D eigenvalue weighted by atomic mass is 16.5. The number of nitrogens with zero attached hydrogens (tertiary/aromatic N) is 3. The van der Waals surface area contributed by atoms with Crippen LogP contribution in [0.3, 0.4) is 0 Å². The Morgan fingerprint density at radius 1 is 1.18 bits per heavy atom. The van der Waals surface area contributed by atoms with E-state index in [2.05, 4.69) is 22.9 Å². The van der Waals surface area contributed by atoms with E-state index in [0.717, 1.165) is 47.4 Å². The Morgan fingerprint density at radius 2 is 1.97 bits per heavy atom. The van der Waals surface area contributed by atoms with Gasteiger partial charge in [-0.25, -0.2) is 4.79 Å². The number of benzene rings is 2. The molecular formula is C28H25N3O3. The van der Waals surface area contributed by atoms with Crippen molar-refractivity contribution in [3.05, 3.63) is 71.9 Å². The van der Waals surface area contributed by atoms with Crippen LogP contribution in [0, 0.1) is 17.2 Å². The second kappa shape index (κ2) is 9.03. The summed E-state index contributed by atoms with van der Waals surface area (Å²) in [6.45, 7) is 6.32. The van der Waals surface area contributed by atoms with Gasteiger partial charge in [-0.3, -0.25) is 4.98 Å². The molecular weight excluding hydrogens is 426 g/mol. The van der Waals surface area contributed by atoms with Gasteiger partial charge in [0.15, 0.2) is 5.58 Å². The maximum absolute atomic E-state index is 11.9. The standard InChI is InChI=1S/C28H25N3O3/c1-3-33-28(32)20-6-4-19(5-7-20)26-15-24-27(34-26)23(10-12-30-24)21-8-9-25(22(14-21)16-29)31-13-11-18(2)17-31/h4-10,12,14-15,18H,3,11,13,17H2,1-2H3/t18-/m1/s1. The van der Waals surface area contributed by atoms with Gasteiger partial charge < -0.3 is 14.1 Å². The number of carbonyl (C=O) groups is 1. The molecule has 0 saturated carbocycles. The number of nitriles is 1. The minimum atomic E-state index is -0.345. The van der Waals surface area contributed by atoms with Crippen LogP contribution in [0.2, 0.25) is 0 Å². The number of carbonyl (C=O) groups excluding carboxylic acids is 1. The number of aromatic nitrogens is 1. The fourth-order valence-electron chi connectivity index (χ4n) is 4.52.